The van der Waals surface area contributed by atoms with E-state index in [0.29, 0.717) is 23.8 Å². The number of rotatable bonds is 4. The molecule has 5 heteroatoms. The Morgan fingerprint density at radius 3 is 2.67 bits per heavy atom. The van der Waals surface area contributed by atoms with Crippen LogP contribution >= 0.6 is 0 Å². The molecule has 2 atom stereocenters. The van der Waals surface area contributed by atoms with Gasteiger partial charge in [-0.1, -0.05) is 0 Å². The number of nitrogens with one attached hydrogen (secondary N) is 1. The van der Waals surface area contributed by atoms with Gasteiger partial charge in [-0.25, -0.2) is 0 Å². The van der Waals surface area contributed by atoms with Gasteiger partial charge in [-0.3, -0.25) is 0 Å². The first kappa shape index (κ1) is 13.0. The van der Waals surface area contributed by atoms with Crippen molar-refractivity contribution in [2.45, 2.75) is 18.6 Å². The Kier molecular flexibility index (Phi) is 4.28. The Labute approximate surface area is 107 Å². The van der Waals surface area contributed by atoms with Gasteiger partial charge in [0.25, 0.3) is 0 Å². The molecule has 1 heterocycles. The molecule has 0 aliphatic carbocycles. The van der Waals surface area contributed by atoms with Gasteiger partial charge in [0.05, 0.1) is 14.2 Å². The van der Waals surface area contributed by atoms with Crippen molar-refractivity contribution >= 4 is 0 Å². The summed E-state index contributed by atoms with van der Waals surface area (Å²) in [5.41, 5.74) is 0. The van der Waals surface area contributed by atoms with Crippen molar-refractivity contribution in [1.82, 2.24) is 5.32 Å². The van der Waals surface area contributed by atoms with E-state index in [0.717, 1.165) is 13.0 Å². The van der Waals surface area contributed by atoms with Crippen molar-refractivity contribution < 1.29 is 19.3 Å². The normalized spacial score (nSPS) is 23.5. The molecule has 1 aliphatic heterocycles. The first-order valence-corrected chi connectivity index (χ1v) is 6.02. The first-order chi connectivity index (χ1) is 8.74. The third kappa shape index (κ3) is 2.86. The van der Waals surface area contributed by atoms with Crippen LogP contribution in [0.2, 0.25) is 0 Å². The summed E-state index contributed by atoms with van der Waals surface area (Å²) in [6, 6.07) is 5.38. The summed E-state index contributed by atoms with van der Waals surface area (Å²) >= 11 is 0. The number of aliphatic hydroxyl groups excluding tert-OH is 1. The van der Waals surface area contributed by atoms with Crippen LogP contribution in [-0.4, -0.2) is 44.6 Å². The number of aliphatic hydroxyl groups is 1. The van der Waals surface area contributed by atoms with Crippen molar-refractivity contribution in [2.75, 3.05) is 27.3 Å². The van der Waals surface area contributed by atoms with Crippen LogP contribution in [-0.2, 0) is 0 Å². The molecule has 18 heavy (non-hydrogen) atoms. The maximum absolute atomic E-state index is 9.81. The predicted molar refractivity (Wildman–Crippen MR) is 67.5 cm³/mol. The molecule has 1 aromatic rings. The largest absolute Gasteiger partial charge is 0.493 e. The van der Waals surface area contributed by atoms with E-state index in [1.54, 1.807) is 26.4 Å². The highest BCUT2D eigenvalue weighted by Gasteiger charge is 2.24. The lowest BCUT2D eigenvalue weighted by Crippen LogP contribution is -2.46. The van der Waals surface area contributed by atoms with Crippen molar-refractivity contribution in [2.24, 2.45) is 0 Å². The summed E-state index contributed by atoms with van der Waals surface area (Å²) in [5, 5.41) is 12.9. The molecular formula is C13H19NO4. The van der Waals surface area contributed by atoms with Gasteiger partial charge in [0.1, 0.15) is 18.0 Å². The van der Waals surface area contributed by atoms with Gasteiger partial charge in [-0.2, -0.15) is 0 Å². The minimum absolute atomic E-state index is 0.177. The summed E-state index contributed by atoms with van der Waals surface area (Å²) in [6.45, 7) is 1.42. The molecule has 1 aromatic carbocycles. The van der Waals surface area contributed by atoms with E-state index in [-0.39, 0.29) is 6.10 Å². The molecule has 0 unspecified atom stereocenters. The summed E-state index contributed by atoms with van der Waals surface area (Å²) in [4.78, 5) is 0. The summed E-state index contributed by atoms with van der Waals surface area (Å²) in [6.07, 6.45) is 0.131. The highest BCUT2D eigenvalue weighted by Crippen LogP contribution is 2.31. The molecule has 0 amide bonds. The fraction of sp³-hybridized carbons (Fsp3) is 0.538. The summed E-state index contributed by atoms with van der Waals surface area (Å²) < 4.78 is 16.2. The zero-order valence-corrected chi connectivity index (χ0v) is 10.7. The lowest BCUT2D eigenvalue weighted by Gasteiger charge is -2.29. The molecule has 1 aliphatic rings. The molecule has 1 fully saturated rings. The molecule has 0 radical (unpaired) electrons. The van der Waals surface area contributed by atoms with Gasteiger partial charge in [-0.15, -0.1) is 0 Å². The summed E-state index contributed by atoms with van der Waals surface area (Å²) in [7, 11) is 3.18. The van der Waals surface area contributed by atoms with Gasteiger partial charge in [0.2, 0.25) is 0 Å². The lowest BCUT2D eigenvalue weighted by atomic mass is 10.1. The van der Waals surface area contributed by atoms with E-state index in [1.165, 1.54) is 0 Å². The van der Waals surface area contributed by atoms with E-state index < -0.39 is 6.10 Å². The van der Waals surface area contributed by atoms with Crippen LogP contribution in [0.1, 0.15) is 6.42 Å². The Balaban J connectivity index is 2.08. The van der Waals surface area contributed by atoms with E-state index in [4.69, 9.17) is 14.2 Å². The predicted octanol–water partition coefficient (Wildman–Crippen LogP) is 0.805. The molecular weight excluding hydrogens is 234 g/mol. The number of ether oxygens (including phenoxy) is 3. The Bertz CT molecular complexity index is 397. The highest BCUT2D eigenvalue weighted by molar-refractivity contribution is 5.45. The van der Waals surface area contributed by atoms with Gasteiger partial charge < -0.3 is 24.6 Å². The lowest BCUT2D eigenvalue weighted by molar-refractivity contribution is 0.0161. The van der Waals surface area contributed by atoms with Crippen LogP contribution < -0.4 is 19.5 Å². The van der Waals surface area contributed by atoms with Crippen LogP contribution in [0, 0.1) is 0 Å². The smallest absolute Gasteiger partial charge is 0.164 e. The first-order valence-electron chi connectivity index (χ1n) is 6.02. The van der Waals surface area contributed by atoms with Gasteiger partial charge >= 0.3 is 0 Å². The molecule has 0 bridgehead atoms. The van der Waals surface area contributed by atoms with Crippen molar-refractivity contribution in [1.29, 1.82) is 0 Å². The van der Waals surface area contributed by atoms with Crippen molar-refractivity contribution in [3.63, 3.8) is 0 Å². The van der Waals surface area contributed by atoms with Gasteiger partial charge in [-0.05, 0) is 25.1 Å². The second-order valence-electron chi connectivity index (χ2n) is 4.23. The SMILES string of the molecule is COc1ccc(O[C@@H]2CCNC[C@H]2O)cc1OC. The average molecular weight is 253 g/mol. The number of hydrogen-bond donors (Lipinski definition) is 2. The van der Waals surface area contributed by atoms with E-state index in [2.05, 4.69) is 5.32 Å². The number of β-amino-alcohol motifs (C(OH)–C–C–N with tert-alkyl or cyclic N) is 1. The number of hydrogen-bond acceptors (Lipinski definition) is 5. The average Bonchev–Trinajstić information content (AvgIpc) is 2.41. The van der Waals surface area contributed by atoms with Crippen LogP contribution in [0.15, 0.2) is 18.2 Å². The topological polar surface area (TPSA) is 60.0 Å². The molecule has 0 aromatic heterocycles. The Morgan fingerprint density at radius 1 is 1.22 bits per heavy atom. The maximum Gasteiger partial charge on any atom is 0.164 e. The van der Waals surface area contributed by atoms with Crippen LogP contribution in [0.25, 0.3) is 0 Å². The molecule has 2 N–H and O–H groups in total. The van der Waals surface area contributed by atoms with Crippen LogP contribution in [0.5, 0.6) is 17.2 Å². The van der Waals surface area contributed by atoms with E-state index in [1.807, 2.05) is 6.07 Å². The maximum atomic E-state index is 9.81. The minimum atomic E-state index is -0.480. The van der Waals surface area contributed by atoms with Crippen molar-refractivity contribution in [3.05, 3.63) is 18.2 Å². The van der Waals surface area contributed by atoms with Gasteiger partial charge in [0.15, 0.2) is 11.5 Å². The van der Waals surface area contributed by atoms with E-state index in [9.17, 15) is 5.11 Å². The van der Waals surface area contributed by atoms with Crippen LogP contribution in [0.3, 0.4) is 0 Å². The molecule has 100 valence electrons. The zero-order chi connectivity index (χ0) is 13.0. The monoisotopic (exact) mass is 253 g/mol. The zero-order valence-electron chi connectivity index (χ0n) is 10.7. The fourth-order valence-electron chi connectivity index (χ4n) is 2.02. The Hall–Kier alpha value is -1.46. The van der Waals surface area contributed by atoms with Crippen molar-refractivity contribution in [3.8, 4) is 17.2 Å². The summed E-state index contributed by atoms with van der Waals surface area (Å²) in [5.74, 6) is 1.97. The Morgan fingerprint density at radius 2 is 2.00 bits per heavy atom. The third-order valence-electron chi connectivity index (χ3n) is 3.03. The highest BCUT2D eigenvalue weighted by atomic mass is 16.5. The number of benzene rings is 1. The minimum Gasteiger partial charge on any atom is -0.493 e. The molecule has 5 nitrogen and oxygen atoms in total. The number of methoxy groups -OCH3 is 2. The molecule has 0 spiro atoms. The van der Waals surface area contributed by atoms with E-state index >= 15 is 0 Å². The quantitative estimate of drug-likeness (QED) is 0.831. The second kappa shape index (κ2) is 5.93. The van der Waals surface area contributed by atoms with Gasteiger partial charge in [0, 0.05) is 12.6 Å². The third-order valence-corrected chi connectivity index (χ3v) is 3.03. The molecule has 1 saturated heterocycles. The standard InChI is InChI=1S/C13H19NO4/c1-16-12-4-3-9(7-13(12)17-2)18-11-5-6-14-8-10(11)15/h3-4,7,10-11,14-15H,5-6,8H2,1-2H3/t10-,11-/m1/s1. The molecule has 2 rings (SSSR count). The molecule has 0 saturated carbocycles. The fourth-order valence-corrected chi connectivity index (χ4v) is 2.02. The van der Waals surface area contributed by atoms with Crippen LogP contribution in [0.4, 0.5) is 0 Å². The second-order valence-corrected chi connectivity index (χ2v) is 4.23. The number of piperidine rings is 1.